The second-order valence-electron chi connectivity index (χ2n) is 4.31. The summed E-state index contributed by atoms with van der Waals surface area (Å²) >= 11 is 0. The van der Waals surface area contributed by atoms with Crippen molar-refractivity contribution in [1.82, 2.24) is 0 Å². The lowest BCUT2D eigenvalue weighted by molar-refractivity contribution is -0.138. The molecule has 0 aliphatic rings. The van der Waals surface area contributed by atoms with Gasteiger partial charge in [0.15, 0.2) is 5.78 Å². The summed E-state index contributed by atoms with van der Waals surface area (Å²) in [4.78, 5) is 12.1. The van der Waals surface area contributed by atoms with Crippen molar-refractivity contribution < 1.29 is 22.7 Å². The number of rotatable bonds is 4. The third kappa shape index (κ3) is 3.10. The van der Waals surface area contributed by atoms with Gasteiger partial charge in [0.2, 0.25) is 0 Å². The van der Waals surface area contributed by atoms with Crippen LogP contribution in [-0.4, -0.2) is 19.0 Å². The Kier molecular flexibility index (Phi) is 4.51. The maximum Gasteiger partial charge on any atom is 0.417 e. The first-order chi connectivity index (χ1) is 8.29. The van der Waals surface area contributed by atoms with Crippen LogP contribution in [0, 0.1) is 5.92 Å². The number of benzene rings is 1. The fourth-order valence-electron chi connectivity index (χ4n) is 1.78. The summed E-state index contributed by atoms with van der Waals surface area (Å²) in [7, 11) is 1.32. The van der Waals surface area contributed by atoms with E-state index in [0.717, 1.165) is 6.07 Å². The van der Waals surface area contributed by atoms with Crippen LogP contribution in [0.5, 0.6) is 0 Å². The molecule has 0 saturated heterocycles. The number of carbonyl (C=O) groups excluding carboxylic acids is 1. The molecule has 0 bridgehead atoms. The number of hydrogen-bond donors (Lipinski definition) is 0. The van der Waals surface area contributed by atoms with Crippen molar-refractivity contribution in [2.75, 3.05) is 7.11 Å². The van der Waals surface area contributed by atoms with E-state index in [1.165, 1.54) is 25.3 Å². The first-order valence-electron chi connectivity index (χ1n) is 5.52. The van der Waals surface area contributed by atoms with E-state index in [2.05, 4.69) is 0 Å². The summed E-state index contributed by atoms with van der Waals surface area (Å²) in [5, 5.41) is 0. The molecule has 0 aliphatic carbocycles. The Morgan fingerprint density at radius 3 is 2.22 bits per heavy atom. The number of hydrogen-bond acceptors (Lipinski definition) is 2. The average Bonchev–Trinajstić information content (AvgIpc) is 2.28. The number of carbonyl (C=O) groups is 1. The molecule has 1 aromatic carbocycles. The average molecular weight is 260 g/mol. The Morgan fingerprint density at radius 2 is 1.78 bits per heavy atom. The molecular weight excluding hydrogens is 245 g/mol. The number of halogens is 3. The van der Waals surface area contributed by atoms with Crippen molar-refractivity contribution in [3.8, 4) is 0 Å². The molecule has 0 saturated carbocycles. The second kappa shape index (κ2) is 5.52. The molecule has 0 fully saturated rings. The summed E-state index contributed by atoms with van der Waals surface area (Å²) < 4.78 is 43.3. The van der Waals surface area contributed by atoms with E-state index in [-0.39, 0.29) is 11.5 Å². The molecule has 0 radical (unpaired) electrons. The minimum atomic E-state index is -4.54. The lowest BCUT2D eigenvalue weighted by Crippen LogP contribution is -2.30. The van der Waals surface area contributed by atoms with Gasteiger partial charge in [-0.15, -0.1) is 0 Å². The number of Topliss-reactive ketones (excluding diaryl/α,β-unsaturated/α-hetero) is 1. The van der Waals surface area contributed by atoms with E-state index in [4.69, 9.17) is 4.74 Å². The number of ether oxygens (including phenoxy) is 1. The van der Waals surface area contributed by atoms with Gasteiger partial charge < -0.3 is 4.74 Å². The zero-order chi connectivity index (χ0) is 13.9. The maximum atomic E-state index is 12.8. The molecule has 0 spiro atoms. The highest BCUT2D eigenvalue weighted by Gasteiger charge is 2.36. The molecule has 1 aromatic rings. The Balaban J connectivity index is 3.21. The molecule has 0 amide bonds. The Bertz CT molecular complexity index is 424. The lowest BCUT2D eigenvalue weighted by Gasteiger charge is -2.20. The summed E-state index contributed by atoms with van der Waals surface area (Å²) in [6.07, 6.45) is -5.41. The van der Waals surface area contributed by atoms with Crippen LogP contribution in [0.1, 0.15) is 29.8 Å². The molecule has 18 heavy (non-hydrogen) atoms. The molecule has 5 heteroatoms. The van der Waals surface area contributed by atoms with Crippen LogP contribution < -0.4 is 0 Å². The van der Waals surface area contributed by atoms with Crippen LogP contribution in [0.25, 0.3) is 0 Å². The van der Waals surface area contributed by atoms with Crippen LogP contribution in [0.15, 0.2) is 24.3 Å². The summed E-state index contributed by atoms with van der Waals surface area (Å²) in [5.41, 5.74) is -1.26. The summed E-state index contributed by atoms with van der Waals surface area (Å²) in [6, 6.07) is 4.76. The van der Waals surface area contributed by atoms with Gasteiger partial charge in [0.05, 0.1) is 5.56 Å². The van der Waals surface area contributed by atoms with Gasteiger partial charge in [0.1, 0.15) is 6.10 Å². The van der Waals surface area contributed by atoms with E-state index in [1.807, 2.05) is 0 Å². The molecule has 1 rings (SSSR count). The fraction of sp³-hybridized carbons (Fsp3) is 0.462. The highest BCUT2D eigenvalue weighted by atomic mass is 19.4. The van der Waals surface area contributed by atoms with Gasteiger partial charge in [-0.05, 0) is 12.0 Å². The van der Waals surface area contributed by atoms with Crippen LogP contribution in [0.2, 0.25) is 0 Å². The predicted octanol–water partition coefficient (Wildman–Crippen LogP) is 3.56. The van der Waals surface area contributed by atoms with Gasteiger partial charge in [0.25, 0.3) is 0 Å². The highest BCUT2D eigenvalue weighted by Crippen LogP contribution is 2.33. The van der Waals surface area contributed by atoms with Gasteiger partial charge in [-0.25, -0.2) is 0 Å². The van der Waals surface area contributed by atoms with E-state index >= 15 is 0 Å². The molecule has 100 valence electrons. The highest BCUT2D eigenvalue weighted by molar-refractivity contribution is 6.01. The Hall–Kier alpha value is -1.36. The predicted molar refractivity (Wildman–Crippen MR) is 61.4 cm³/mol. The lowest BCUT2D eigenvalue weighted by atomic mass is 9.94. The van der Waals surface area contributed by atoms with Gasteiger partial charge in [0, 0.05) is 12.7 Å². The number of alkyl halides is 3. The van der Waals surface area contributed by atoms with Crippen LogP contribution in [0.4, 0.5) is 13.2 Å². The smallest absolute Gasteiger partial charge is 0.373 e. The molecule has 0 aromatic heterocycles. The topological polar surface area (TPSA) is 26.3 Å². The molecule has 0 aliphatic heterocycles. The van der Waals surface area contributed by atoms with Crippen molar-refractivity contribution in [3.05, 3.63) is 35.4 Å². The van der Waals surface area contributed by atoms with Gasteiger partial charge in [-0.3, -0.25) is 4.79 Å². The molecular formula is C13H15F3O2. The minimum Gasteiger partial charge on any atom is -0.373 e. The van der Waals surface area contributed by atoms with Crippen LogP contribution >= 0.6 is 0 Å². The van der Waals surface area contributed by atoms with Gasteiger partial charge >= 0.3 is 6.18 Å². The molecule has 0 N–H and O–H groups in total. The molecule has 0 heterocycles. The van der Waals surface area contributed by atoms with Crippen LogP contribution in [-0.2, 0) is 10.9 Å². The van der Waals surface area contributed by atoms with E-state index < -0.39 is 23.6 Å². The monoisotopic (exact) mass is 260 g/mol. The normalized spacial score (nSPS) is 13.7. The minimum absolute atomic E-state index is 0.191. The third-order valence-electron chi connectivity index (χ3n) is 2.62. The number of ketones is 1. The zero-order valence-electron chi connectivity index (χ0n) is 10.4. The first-order valence-corrected chi connectivity index (χ1v) is 5.52. The summed E-state index contributed by atoms with van der Waals surface area (Å²) in [6.45, 7) is 3.45. The van der Waals surface area contributed by atoms with Gasteiger partial charge in [-0.2, -0.15) is 13.2 Å². The second-order valence-corrected chi connectivity index (χ2v) is 4.31. The SMILES string of the molecule is COC(C(=O)c1ccccc1C(F)(F)F)C(C)C. The van der Waals surface area contributed by atoms with Gasteiger partial charge in [-0.1, -0.05) is 32.0 Å². The standard InChI is InChI=1S/C13H15F3O2/c1-8(2)12(18-3)11(17)9-6-4-5-7-10(9)13(14,15)16/h4-8,12H,1-3H3. The van der Waals surface area contributed by atoms with Crippen LogP contribution in [0.3, 0.4) is 0 Å². The van der Waals surface area contributed by atoms with Crippen molar-refractivity contribution in [2.45, 2.75) is 26.1 Å². The Morgan fingerprint density at radius 1 is 1.22 bits per heavy atom. The van der Waals surface area contributed by atoms with E-state index in [0.29, 0.717) is 0 Å². The maximum absolute atomic E-state index is 12.8. The fourth-order valence-corrected chi connectivity index (χ4v) is 1.78. The van der Waals surface area contributed by atoms with Crippen molar-refractivity contribution in [1.29, 1.82) is 0 Å². The van der Waals surface area contributed by atoms with E-state index in [1.54, 1.807) is 13.8 Å². The first kappa shape index (κ1) is 14.7. The van der Waals surface area contributed by atoms with E-state index in [9.17, 15) is 18.0 Å². The summed E-state index contributed by atoms with van der Waals surface area (Å²) in [5.74, 6) is -0.829. The van der Waals surface area contributed by atoms with Crippen molar-refractivity contribution >= 4 is 5.78 Å². The third-order valence-corrected chi connectivity index (χ3v) is 2.62. The quantitative estimate of drug-likeness (QED) is 0.774. The number of methoxy groups -OCH3 is 1. The van der Waals surface area contributed by atoms with Crippen molar-refractivity contribution in [2.24, 2.45) is 5.92 Å². The molecule has 1 unspecified atom stereocenters. The largest absolute Gasteiger partial charge is 0.417 e. The molecule has 1 atom stereocenters. The Labute approximate surface area is 104 Å². The molecule has 2 nitrogen and oxygen atoms in total. The van der Waals surface area contributed by atoms with Crippen molar-refractivity contribution in [3.63, 3.8) is 0 Å². The zero-order valence-corrected chi connectivity index (χ0v) is 10.4.